The Morgan fingerprint density at radius 2 is 2.24 bits per heavy atom. The van der Waals surface area contributed by atoms with Gasteiger partial charge >= 0.3 is 0 Å². The molecule has 1 fully saturated rings. The lowest BCUT2D eigenvalue weighted by atomic mass is 10.1. The SMILES string of the molecule is CSC12N=CN([C@@H]3O[C@H](CO)[C@@H](O)[C@H]3O)C1=NCN=C2N. The van der Waals surface area contributed by atoms with Crippen LogP contribution in [-0.2, 0) is 4.74 Å². The maximum absolute atomic E-state index is 10.1. The van der Waals surface area contributed by atoms with Crippen LogP contribution in [0.25, 0.3) is 0 Å². The molecular weight excluding hydrogens is 298 g/mol. The Kier molecular flexibility index (Phi) is 3.66. The molecule has 116 valence electrons. The summed E-state index contributed by atoms with van der Waals surface area (Å²) < 4.78 is 5.51. The summed E-state index contributed by atoms with van der Waals surface area (Å²) in [6, 6.07) is 0. The number of aliphatic hydroxyl groups is 3. The van der Waals surface area contributed by atoms with Crippen LogP contribution in [0.4, 0.5) is 0 Å². The van der Waals surface area contributed by atoms with E-state index < -0.39 is 29.4 Å². The minimum Gasteiger partial charge on any atom is -0.394 e. The van der Waals surface area contributed by atoms with E-state index in [1.807, 2.05) is 6.26 Å². The Morgan fingerprint density at radius 1 is 1.48 bits per heavy atom. The molecule has 3 aliphatic heterocycles. The zero-order valence-corrected chi connectivity index (χ0v) is 12.1. The first-order valence-electron chi connectivity index (χ1n) is 6.41. The van der Waals surface area contributed by atoms with Gasteiger partial charge in [0.2, 0.25) is 4.87 Å². The van der Waals surface area contributed by atoms with E-state index in [4.69, 9.17) is 15.6 Å². The molecule has 5 N–H and O–H groups in total. The van der Waals surface area contributed by atoms with E-state index in [2.05, 4.69) is 15.0 Å². The van der Waals surface area contributed by atoms with E-state index in [0.29, 0.717) is 11.7 Å². The highest BCUT2D eigenvalue weighted by Gasteiger charge is 2.54. The number of thioether (sulfide) groups is 1. The third-order valence-electron chi connectivity index (χ3n) is 3.81. The second-order valence-electron chi connectivity index (χ2n) is 4.90. The summed E-state index contributed by atoms with van der Waals surface area (Å²) in [5, 5.41) is 29.1. The average Bonchev–Trinajstić information content (AvgIpc) is 3.00. The van der Waals surface area contributed by atoms with E-state index in [-0.39, 0.29) is 13.3 Å². The van der Waals surface area contributed by atoms with E-state index in [9.17, 15) is 10.2 Å². The topological polar surface area (TPSA) is 136 Å². The molecule has 9 nitrogen and oxygen atoms in total. The molecule has 10 heteroatoms. The average molecular weight is 315 g/mol. The third kappa shape index (κ3) is 1.98. The van der Waals surface area contributed by atoms with Crippen molar-refractivity contribution in [1.29, 1.82) is 0 Å². The van der Waals surface area contributed by atoms with Crippen molar-refractivity contribution < 1.29 is 20.1 Å². The molecule has 5 atom stereocenters. The van der Waals surface area contributed by atoms with Crippen LogP contribution in [0.2, 0.25) is 0 Å². The smallest absolute Gasteiger partial charge is 0.221 e. The highest BCUT2D eigenvalue weighted by molar-refractivity contribution is 8.01. The zero-order valence-electron chi connectivity index (χ0n) is 11.3. The summed E-state index contributed by atoms with van der Waals surface area (Å²) in [4.78, 5) is 13.4. The van der Waals surface area contributed by atoms with Crippen molar-refractivity contribution in [3.8, 4) is 0 Å². The summed E-state index contributed by atoms with van der Waals surface area (Å²) in [7, 11) is 0. The lowest BCUT2D eigenvalue weighted by molar-refractivity contribution is -0.0510. The molecule has 21 heavy (non-hydrogen) atoms. The van der Waals surface area contributed by atoms with Gasteiger partial charge in [-0.1, -0.05) is 0 Å². The van der Waals surface area contributed by atoms with Gasteiger partial charge < -0.3 is 25.8 Å². The summed E-state index contributed by atoms with van der Waals surface area (Å²) >= 11 is 1.37. The van der Waals surface area contributed by atoms with Crippen LogP contribution in [0.3, 0.4) is 0 Å². The second kappa shape index (κ2) is 5.21. The number of aliphatic imine (C=N–C) groups is 3. The van der Waals surface area contributed by atoms with Gasteiger partial charge in [-0.15, -0.1) is 11.8 Å². The Morgan fingerprint density at radius 3 is 2.86 bits per heavy atom. The zero-order chi connectivity index (χ0) is 15.2. The maximum Gasteiger partial charge on any atom is 0.221 e. The van der Waals surface area contributed by atoms with E-state index in [0.717, 1.165) is 0 Å². The Hall–Kier alpha value is -1.20. The standard InChI is InChI=1S/C11H17N5O4S/c1-21-11-9(12)13-3-14-10(11)16(4-15-11)8-7(19)6(18)5(2-17)20-8/h4-8,17-19H,2-3H2,1H3,(H2,12,13)/t5-,6-,7-,8-,11?/m1/s1. The fourth-order valence-electron chi connectivity index (χ4n) is 2.63. The van der Waals surface area contributed by atoms with E-state index >= 15 is 0 Å². The number of fused-ring (bicyclic) bond motifs is 1. The van der Waals surface area contributed by atoms with Gasteiger partial charge in [-0.2, -0.15) is 0 Å². The summed E-state index contributed by atoms with van der Waals surface area (Å²) in [5.74, 6) is 0.850. The maximum atomic E-state index is 10.1. The van der Waals surface area contributed by atoms with Crippen molar-refractivity contribution in [2.24, 2.45) is 20.7 Å². The molecule has 1 unspecified atom stereocenters. The number of nitrogens with zero attached hydrogens (tertiary/aromatic N) is 4. The van der Waals surface area contributed by atoms with Gasteiger partial charge in [0.25, 0.3) is 0 Å². The summed E-state index contributed by atoms with van der Waals surface area (Å²) in [5.41, 5.74) is 5.96. The molecule has 1 saturated heterocycles. The number of hydrogen-bond donors (Lipinski definition) is 4. The normalized spacial score (nSPS) is 42.0. The first kappa shape index (κ1) is 14.7. The van der Waals surface area contributed by atoms with Gasteiger partial charge in [-0.3, -0.25) is 4.90 Å². The molecule has 0 radical (unpaired) electrons. The van der Waals surface area contributed by atoms with Crippen molar-refractivity contribution in [2.45, 2.75) is 29.4 Å². The quantitative estimate of drug-likeness (QED) is 0.454. The van der Waals surface area contributed by atoms with Crippen molar-refractivity contribution in [3.05, 3.63) is 0 Å². The van der Waals surface area contributed by atoms with Crippen LogP contribution in [0.5, 0.6) is 0 Å². The Labute approximate surface area is 125 Å². The van der Waals surface area contributed by atoms with Gasteiger partial charge in [-0.25, -0.2) is 15.0 Å². The van der Waals surface area contributed by atoms with E-state index in [1.165, 1.54) is 18.1 Å². The molecule has 0 spiro atoms. The highest BCUT2D eigenvalue weighted by Crippen LogP contribution is 2.37. The third-order valence-corrected chi connectivity index (χ3v) is 4.89. The summed E-state index contributed by atoms with van der Waals surface area (Å²) in [6.45, 7) is -0.207. The monoisotopic (exact) mass is 315 g/mol. The van der Waals surface area contributed by atoms with Crippen LogP contribution in [-0.4, -0.2) is 87.2 Å². The van der Waals surface area contributed by atoms with Crippen molar-refractivity contribution in [1.82, 2.24) is 4.90 Å². The molecule has 0 aromatic heterocycles. The largest absolute Gasteiger partial charge is 0.394 e. The van der Waals surface area contributed by atoms with Crippen LogP contribution in [0.15, 0.2) is 15.0 Å². The fourth-order valence-corrected chi connectivity index (χ4v) is 3.41. The van der Waals surface area contributed by atoms with Crippen molar-refractivity contribution in [3.63, 3.8) is 0 Å². The predicted octanol–water partition coefficient (Wildman–Crippen LogP) is -2.44. The van der Waals surface area contributed by atoms with Crippen molar-refractivity contribution >= 4 is 29.8 Å². The van der Waals surface area contributed by atoms with Crippen LogP contribution in [0, 0.1) is 0 Å². The van der Waals surface area contributed by atoms with Crippen LogP contribution >= 0.6 is 11.8 Å². The molecule has 0 saturated carbocycles. The molecular formula is C11H17N5O4S. The van der Waals surface area contributed by atoms with Gasteiger partial charge in [0.1, 0.15) is 30.8 Å². The molecule has 3 heterocycles. The second-order valence-corrected chi connectivity index (χ2v) is 5.89. The van der Waals surface area contributed by atoms with Crippen molar-refractivity contribution in [2.75, 3.05) is 19.5 Å². The number of aliphatic hydroxyl groups excluding tert-OH is 3. The van der Waals surface area contributed by atoms with Gasteiger partial charge in [0, 0.05) is 0 Å². The van der Waals surface area contributed by atoms with Gasteiger partial charge in [0.05, 0.1) is 12.9 Å². The Bertz CT molecular complexity index is 527. The van der Waals surface area contributed by atoms with Gasteiger partial charge in [-0.05, 0) is 6.26 Å². The number of nitrogens with two attached hydrogens (primary N) is 1. The first-order valence-corrected chi connectivity index (χ1v) is 7.64. The molecule has 0 aromatic rings. The molecule has 0 bridgehead atoms. The number of rotatable bonds is 3. The van der Waals surface area contributed by atoms with E-state index in [1.54, 1.807) is 4.90 Å². The first-order chi connectivity index (χ1) is 10.0. The fraction of sp³-hybridized carbons (Fsp3) is 0.727. The summed E-state index contributed by atoms with van der Waals surface area (Å²) in [6.07, 6.45) is -0.774. The number of hydrogen-bond acceptors (Lipinski definition) is 10. The molecule has 3 rings (SSSR count). The molecule has 0 aromatic carbocycles. The predicted molar refractivity (Wildman–Crippen MR) is 78.3 cm³/mol. The number of amidine groups is 2. The minimum atomic E-state index is -1.19. The highest BCUT2D eigenvalue weighted by atomic mass is 32.2. The van der Waals surface area contributed by atoms with Crippen LogP contribution in [0.1, 0.15) is 0 Å². The molecule has 0 amide bonds. The minimum absolute atomic E-state index is 0.179. The molecule has 3 aliphatic rings. The van der Waals surface area contributed by atoms with Crippen LogP contribution < -0.4 is 5.73 Å². The van der Waals surface area contributed by atoms with Gasteiger partial charge in [0.15, 0.2) is 12.1 Å². The lowest BCUT2D eigenvalue weighted by Gasteiger charge is -2.33. The lowest BCUT2D eigenvalue weighted by Crippen LogP contribution is -2.54. The number of ether oxygens (including phenoxy) is 1. The molecule has 0 aliphatic carbocycles. The Balaban J connectivity index is 1.90.